The van der Waals surface area contributed by atoms with Crippen molar-refractivity contribution in [2.24, 2.45) is 7.05 Å². The highest BCUT2D eigenvalue weighted by atomic mass is 16.5. The van der Waals surface area contributed by atoms with Gasteiger partial charge in [-0.15, -0.1) is 0 Å². The average Bonchev–Trinajstić information content (AvgIpc) is 2.52. The van der Waals surface area contributed by atoms with Gasteiger partial charge in [0.1, 0.15) is 0 Å². The number of aromatic nitrogens is 2. The fourth-order valence-electron chi connectivity index (χ4n) is 2.42. The number of nitrogens with zero attached hydrogens (tertiary/aromatic N) is 3. The summed E-state index contributed by atoms with van der Waals surface area (Å²) < 4.78 is 7.60. The zero-order chi connectivity index (χ0) is 12.6. The molecule has 2 rings (SSSR count). The molecule has 1 aromatic rings. The summed E-state index contributed by atoms with van der Waals surface area (Å²) in [5.74, 6) is 1.03. The van der Waals surface area contributed by atoms with E-state index in [0.29, 0.717) is 0 Å². The Labute approximate surface area is 103 Å². The van der Waals surface area contributed by atoms with Gasteiger partial charge in [-0.1, -0.05) is 6.92 Å². The van der Waals surface area contributed by atoms with Crippen LogP contribution in [0, 0.1) is 0 Å². The van der Waals surface area contributed by atoms with Gasteiger partial charge >= 0.3 is 0 Å². The standard InChI is InChI=1S/C12H22N4O/c1-5-9-10(13)11(15(4)14-9)16-6-7-17-12(2,3)8-16/h5-8,13H2,1-4H3. The lowest BCUT2D eigenvalue weighted by Crippen LogP contribution is -2.49. The first kappa shape index (κ1) is 12.2. The first-order valence-corrected chi connectivity index (χ1v) is 6.15. The summed E-state index contributed by atoms with van der Waals surface area (Å²) >= 11 is 0. The minimum absolute atomic E-state index is 0.124. The summed E-state index contributed by atoms with van der Waals surface area (Å²) in [5.41, 5.74) is 7.84. The molecule has 1 aliphatic rings. The van der Waals surface area contributed by atoms with Crippen LogP contribution in [0.3, 0.4) is 0 Å². The van der Waals surface area contributed by atoms with Crippen molar-refractivity contribution in [2.45, 2.75) is 32.8 Å². The fourth-order valence-corrected chi connectivity index (χ4v) is 2.42. The molecule has 0 spiro atoms. The summed E-state index contributed by atoms with van der Waals surface area (Å²) in [6.07, 6.45) is 0.868. The van der Waals surface area contributed by atoms with E-state index in [4.69, 9.17) is 10.5 Å². The monoisotopic (exact) mass is 238 g/mol. The number of ether oxygens (including phenoxy) is 1. The largest absolute Gasteiger partial charge is 0.394 e. The second-order valence-corrected chi connectivity index (χ2v) is 5.19. The quantitative estimate of drug-likeness (QED) is 0.840. The summed E-state index contributed by atoms with van der Waals surface area (Å²) in [6.45, 7) is 8.74. The number of nitrogens with two attached hydrogens (primary N) is 1. The molecule has 0 unspecified atom stereocenters. The Morgan fingerprint density at radius 3 is 2.71 bits per heavy atom. The molecule has 0 amide bonds. The summed E-state index contributed by atoms with van der Waals surface area (Å²) in [4.78, 5) is 2.27. The predicted molar refractivity (Wildman–Crippen MR) is 69.2 cm³/mol. The summed E-state index contributed by atoms with van der Waals surface area (Å²) in [7, 11) is 1.95. The van der Waals surface area contributed by atoms with E-state index < -0.39 is 0 Å². The van der Waals surface area contributed by atoms with Gasteiger partial charge in [-0.3, -0.25) is 4.68 Å². The molecule has 0 aromatic carbocycles. The Balaban J connectivity index is 2.30. The predicted octanol–water partition coefficient (Wildman–Crippen LogP) is 1.18. The van der Waals surface area contributed by atoms with Crippen LogP contribution in [0.15, 0.2) is 0 Å². The molecule has 1 saturated heterocycles. The zero-order valence-electron chi connectivity index (χ0n) is 11.2. The Morgan fingerprint density at radius 2 is 2.18 bits per heavy atom. The minimum atomic E-state index is -0.124. The van der Waals surface area contributed by atoms with Crippen molar-refractivity contribution in [3.63, 3.8) is 0 Å². The lowest BCUT2D eigenvalue weighted by atomic mass is 10.1. The molecular weight excluding hydrogens is 216 g/mol. The Morgan fingerprint density at radius 1 is 1.47 bits per heavy atom. The van der Waals surface area contributed by atoms with Crippen molar-refractivity contribution in [1.82, 2.24) is 9.78 Å². The van der Waals surface area contributed by atoms with Crippen molar-refractivity contribution in [3.8, 4) is 0 Å². The molecule has 96 valence electrons. The van der Waals surface area contributed by atoms with Gasteiger partial charge in [0.15, 0.2) is 5.82 Å². The maximum Gasteiger partial charge on any atom is 0.150 e. The van der Waals surface area contributed by atoms with Crippen LogP contribution in [0.1, 0.15) is 26.5 Å². The number of morpholine rings is 1. The molecule has 1 aliphatic heterocycles. The Bertz CT molecular complexity index is 411. The van der Waals surface area contributed by atoms with E-state index >= 15 is 0 Å². The van der Waals surface area contributed by atoms with E-state index in [1.54, 1.807) is 0 Å². The van der Waals surface area contributed by atoms with Gasteiger partial charge in [-0.2, -0.15) is 5.10 Å². The van der Waals surface area contributed by atoms with Crippen LogP contribution in [-0.4, -0.2) is 35.1 Å². The van der Waals surface area contributed by atoms with E-state index in [9.17, 15) is 0 Å². The van der Waals surface area contributed by atoms with E-state index in [2.05, 4.69) is 30.8 Å². The molecule has 0 radical (unpaired) electrons. The number of nitrogen functional groups attached to an aromatic ring is 1. The fraction of sp³-hybridized carbons (Fsp3) is 0.750. The smallest absolute Gasteiger partial charge is 0.150 e. The van der Waals surface area contributed by atoms with E-state index in [1.807, 2.05) is 11.7 Å². The van der Waals surface area contributed by atoms with Gasteiger partial charge < -0.3 is 15.4 Å². The molecule has 5 nitrogen and oxygen atoms in total. The SMILES string of the molecule is CCc1nn(C)c(N2CCOC(C)(C)C2)c1N. The van der Waals surface area contributed by atoms with Gasteiger partial charge in [-0.25, -0.2) is 0 Å². The maximum absolute atomic E-state index is 6.17. The molecule has 17 heavy (non-hydrogen) atoms. The van der Waals surface area contributed by atoms with Gasteiger partial charge in [0.25, 0.3) is 0 Å². The third kappa shape index (κ3) is 2.24. The van der Waals surface area contributed by atoms with Crippen LogP contribution >= 0.6 is 0 Å². The van der Waals surface area contributed by atoms with Crippen LogP contribution in [0.25, 0.3) is 0 Å². The topological polar surface area (TPSA) is 56.3 Å². The summed E-state index contributed by atoms with van der Waals surface area (Å²) in [5, 5.41) is 4.46. The zero-order valence-corrected chi connectivity index (χ0v) is 11.2. The third-order valence-corrected chi connectivity index (χ3v) is 3.19. The van der Waals surface area contributed by atoms with Gasteiger partial charge in [-0.05, 0) is 20.3 Å². The molecule has 2 N–H and O–H groups in total. The lowest BCUT2D eigenvalue weighted by Gasteiger charge is -2.39. The average molecular weight is 238 g/mol. The number of hydrogen-bond donors (Lipinski definition) is 1. The first-order chi connectivity index (χ1) is 7.94. The number of anilines is 2. The van der Waals surface area contributed by atoms with Crippen molar-refractivity contribution in [2.75, 3.05) is 30.3 Å². The van der Waals surface area contributed by atoms with E-state index in [0.717, 1.165) is 43.3 Å². The Hall–Kier alpha value is -1.23. The number of rotatable bonds is 2. The molecule has 5 heteroatoms. The molecule has 1 fully saturated rings. The highest BCUT2D eigenvalue weighted by Gasteiger charge is 2.30. The molecule has 0 atom stereocenters. The molecular formula is C12H22N4O. The second kappa shape index (κ2) is 4.22. The van der Waals surface area contributed by atoms with Crippen LogP contribution in [0.2, 0.25) is 0 Å². The molecule has 0 aliphatic carbocycles. The van der Waals surface area contributed by atoms with Crippen molar-refractivity contribution in [1.29, 1.82) is 0 Å². The Kier molecular flexibility index (Phi) is 3.03. The molecule has 0 saturated carbocycles. The van der Waals surface area contributed by atoms with Gasteiger partial charge in [0, 0.05) is 20.1 Å². The van der Waals surface area contributed by atoms with E-state index in [1.165, 1.54) is 0 Å². The van der Waals surface area contributed by atoms with Crippen LogP contribution < -0.4 is 10.6 Å². The highest BCUT2D eigenvalue weighted by Crippen LogP contribution is 2.29. The van der Waals surface area contributed by atoms with E-state index in [-0.39, 0.29) is 5.60 Å². The molecule has 0 bridgehead atoms. The van der Waals surface area contributed by atoms with Crippen molar-refractivity contribution < 1.29 is 4.74 Å². The normalized spacial score (nSPS) is 19.6. The molecule has 1 aromatic heterocycles. The number of hydrogen-bond acceptors (Lipinski definition) is 4. The van der Waals surface area contributed by atoms with Gasteiger partial charge in [0.05, 0.1) is 23.6 Å². The van der Waals surface area contributed by atoms with Crippen molar-refractivity contribution in [3.05, 3.63) is 5.69 Å². The van der Waals surface area contributed by atoms with Crippen molar-refractivity contribution >= 4 is 11.5 Å². The third-order valence-electron chi connectivity index (χ3n) is 3.19. The number of aryl methyl sites for hydroxylation is 2. The van der Waals surface area contributed by atoms with Crippen LogP contribution in [0.5, 0.6) is 0 Å². The lowest BCUT2D eigenvalue weighted by molar-refractivity contribution is -0.0280. The van der Waals surface area contributed by atoms with Crippen LogP contribution in [0.4, 0.5) is 11.5 Å². The first-order valence-electron chi connectivity index (χ1n) is 6.15. The second-order valence-electron chi connectivity index (χ2n) is 5.19. The maximum atomic E-state index is 6.17. The van der Waals surface area contributed by atoms with Crippen LogP contribution in [-0.2, 0) is 18.2 Å². The summed E-state index contributed by atoms with van der Waals surface area (Å²) in [6, 6.07) is 0. The van der Waals surface area contributed by atoms with Gasteiger partial charge in [0.2, 0.25) is 0 Å². The highest BCUT2D eigenvalue weighted by molar-refractivity contribution is 5.66. The minimum Gasteiger partial charge on any atom is -0.394 e. The molecule has 2 heterocycles.